The minimum atomic E-state index is -5.08. The van der Waals surface area contributed by atoms with Crippen LogP contribution in [0.1, 0.15) is 5.69 Å². The van der Waals surface area contributed by atoms with Gasteiger partial charge in [0.25, 0.3) is 0 Å². The van der Waals surface area contributed by atoms with Gasteiger partial charge in [0.05, 0.1) is 18.6 Å². The molecule has 0 spiro atoms. The second kappa shape index (κ2) is 6.86. The van der Waals surface area contributed by atoms with Gasteiger partial charge in [0.2, 0.25) is 0 Å². The molecule has 0 fully saturated rings. The Hall–Kier alpha value is -1.61. The molecule has 0 radical (unpaired) electrons. The van der Waals surface area contributed by atoms with Crippen LogP contribution in [0.15, 0.2) is 12.5 Å². The summed E-state index contributed by atoms with van der Waals surface area (Å²) in [5.41, 5.74) is 6.35. The van der Waals surface area contributed by atoms with E-state index in [2.05, 4.69) is 9.97 Å². The first-order valence-corrected chi connectivity index (χ1v) is 4.41. The average Bonchev–Trinajstić information content (AvgIpc) is 2.69. The summed E-state index contributed by atoms with van der Waals surface area (Å²) in [6, 6.07) is -0.191. The zero-order valence-electron chi connectivity index (χ0n) is 8.61. The Balaban J connectivity index is 0.000000325. The van der Waals surface area contributed by atoms with Crippen LogP contribution in [-0.4, -0.2) is 45.0 Å². The number of aliphatic carboxylic acids is 1. The van der Waals surface area contributed by atoms with Gasteiger partial charge in [0.1, 0.15) is 0 Å². The highest BCUT2D eigenvalue weighted by molar-refractivity contribution is 5.73. The molecule has 1 rings (SSSR count). The van der Waals surface area contributed by atoms with Crippen LogP contribution in [0.4, 0.5) is 13.2 Å². The van der Waals surface area contributed by atoms with Gasteiger partial charge in [-0.25, -0.2) is 9.78 Å². The molecule has 0 saturated carbocycles. The minimum absolute atomic E-state index is 0.00681. The number of nitrogens with zero attached hydrogens (tertiary/aromatic N) is 1. The molecule has 0 aliphatic carbocycles. The van der Waals surface area contributed by atoms with E-state index >= 15 is 0 Å². The molecule has 98 valence electrons. The number of nitrogens with two attached hydrogens (primary N) is 1. The number of alkyl halides is 3. The molecule has 9 heteroatoms. The second-order valence-electron chi connectivity index (χ2n) is 3.01. The molecular weight excluding hydrogens is 243 g/mol. The number of carboxylic acid groups (broad SMARTS) is 1. The van der Waals surface area contributed by atoms with Crippen LogP contribution in [0.25, 0.3) is 0 Å². The Kier molecular flexibility index (Phi) is 6.21. The third kappa shape index (κ3) is 7.30. The first kappa shape index (κ1) is 15.4. The van der Waals surface area contributed by atoms with E-state index in [0.717, 1.165) is 5.69 Å². The van der Waals surface area contributed by atoms with Gasteiger partial charge in [0.15, 0.2) is 0 Å². The fourth-order valence-electron chi connectivity index (χ4n) is 0.736. The molecule has 1 atom stereocenters. The molecule has 1 aromatic rings. The van der Waals surface area contributed by atoms with Gasteiger partial charge in [-0.15, -0.1) is 0 Å². The van der Waals surface area contributed by atoms with Crippen LogP contribution in [0.5, 0.6) is 0 Å². The lowest BCUT2D eigenvalue weighted by Crippen LogP contribution is -2.26. The molecule has 0 aliphatic heterocycles. The van der Waals surface area contributed by atoms with Crippen molar-refractivity contribution in [3.8, 4) is 0 Å². The summed E-state index contributed by atoms with van der Waals surface area (Å²) in [6.07, 6.45) is -1.09. The number of hydrogen-bond acceptors (Lipinski definition) is 4. The number of imidazole rings is 1. The van der Waals surface area contributed by atoms with E-state index in [9.17, 15) is 13.2 Å². The highest BCUT2D eigenvalue weighted by Crippen LogP contribution is 2.13. The summed E-state index contributed by atoms with van der Waals surface area (Å²) in [7, 11) is 0. The lowest BCUT2D eigenvalue weighted by atomic mass is 10.2. The normalized spacial score (nSPS) is 12.5. The minimum Gasteiger partial charge on any atom is -0.475 e. The van der Waals surface area contributed by atoms with E-state index in [4.69, 9.17) is 20.7 Å². The van der Waals surface area contributed by atoms with E-state index in [0.29, 0.717) is 6.42 Å². The third-order valence-corrected chi connectivity index (χ3v) is 1.50. The van der Waals surface area contributed by atoms with Gasteiger partial charge in [-0.2, -0.15) is 13.2 Å². The van der Waals surface area contributed by atoms with Gasteiger partial charge in [-0.1, -0.05) is 0 Å². The Morgan fingerprint density at radius 2 is 2.12 bits per heavy atom. The zero-order chi connectivity index (χ0) is 13.5. The average molecular weight is 255 g/mol. The summed E-state index contributed by atoms with van der Waals surface area (Å²) in [5.74, 6) is -2.76. The first-order chi connectivity index (χ1) is 7.77. The number of aromatic amines is 1. The number of aromatic nitrogens is 2. The number of carboxylic acids is 1. The van der Waals surface area contributed by atoms with Crippen molar-refractivity contribution in [2.24, 2.45) is 5.73 Å². The van der Waals surface area contributed by atoms with Crippen molar-refractivity contribution in [1.29, 1.82) is 0 Å². The monoisotopic (exact) mass is 255 g/mol. The predicted octanol–water partition coefficient (Wildman–Crippen LogP) is -0.0949. The van der Waals surface area contributed by atoms with E-state index in [1.807, 2.05) is 0 Å². The quantitative estimate of drug-likeness (QED) is 0.602. The fraction of sp³-hybridized carbons (Fsp3) is 0.500. The van der Waals surface area contributed by atoms with Crippen molar-refractivity contribution in [3.05, 3.63) is 18.2 Å². The fourth-order valence-corrected chi connectivity index (χ4v) is 0.736. The van der Waals surface area contributed by atoms with Crippen molar-refractivity contribution in [2.75, 3.05) is 6.61 Å². The van der Waals surface area contributed by atoms with Gasteiger partial charge in [-0.05, 0) is 0 Å². The molecule has 0 unspecified atom stereocenters. The maximum absolute atomic E-state index is 10.6. The molecule has 0 aliphatic rings. The van der Waals surface area contributed by atoms with Crippen LogP contribution in [0.3, 0.4) is 0 Å². The Bertz CT molecular complexity index is 327. The number of hydrogen-bond donors (Lipinski definition) is 4. The number of halogens is 3. The van der Waals surface area contributed by atoms with Crippen LogP contribution in [-0.2, 0) is 11.2 Å². The molecule has 0 bridgehead atoms. The van der Waals surface area contributed by atoms with E-state index < -0.39 is 12.1 Å². The first-order valence-electron chi connectivity index (χ1n) is 4.41. The Morgan fingerprint density at radius 1 is 1.59 bits per heavy atom. The zero-order valence-corrected chi connectivity index (χ0v) is 8.61. The third-order valence-electron chi connectivity index (χ3n) is 1.50. The van der Waals surface area contributed by atoms with Crippen LogP contribution < -0.4 is 5.73 Å². The maximum Gasteiger partial charge on any atom is 0.490 e. The Morgan fingerprint density at radius 3 is 2.41 bits per heavy atom. The number of rotatable bonds is 3. The Labute approximate surface area is 94.3 Å². The molecule has 0 saturated heterocycles. The summed E-state index contributed by atoms with van der Waals surface area (Å²) in [6.45, 7) is 0.00681. The smallest absolute Gasteiger partial charge is 0.475 e. The van der Waals surface area contributed by atoms with E-state index in [1.165, 1.54) is 0 Å². The summed E-state index contributed by atoms with van der Waals surface area (Å²) >= 11 is 0. The second-order valence-corrected chi connectivity index (χ2v) is 3.01. The van der Waals surface area contributed by atoms with Crippen LogP contribution in [0, 0.1) is 0 Å². The van der Waals surface area contributed by atoms with Crippen LogP contribution >= 0.6 is 0 Å². The highest BCUT2D eigenvalue weighted by atomic mass is 19.4. The topological polar surface area (TPSA) is 112 Å². The summed E-state index contributed by atoms with van der Waals surface area (Å²) in [4.78, 5) is 15.7. The van der Waals surface area contributed by atoms with Crippen molar-refractivity contribution in [1.82, 2.24) is 9.97 Å². The largest absolute Gasteiger partial charge is 0.490 e. The highest BCUT2D eigenvalue weighted by Gasteiger charge is 2.38. The number of aliphatic hydroxyl groups excluding tert-OH is 1. The number of nitrogens with one attached hydrogen (secondary N) is 1. The van der Waals surface area contributed by atoms with Gasteiger partial charge < -0.3 is 20.9 Å². The van der Waals surface area contributed by atoms with Crippen molar-refractivity contribution in [2.45, 2.75) is 18.6 Å². The van der Waals surface area contributed by atoms with Crippen molar-refractivity contribution >= 4 is 5.97 Å². The van der Waals surface area contributed by atoms with Gasteiger partial charge in [-0.3, -0.25) is 0 Å². The van der Waals surface area contributed by atoms with Crippen molar-refractivity contribution in [3.63, 3.8) is 0 Å². The maximum atomic E-state index is 10.6. The molecule has 0 aromatic carbocycles. The SMILES string of the molecule is N[C@H](CO)Cc1c[nH]cn1.O=C(O)C(F)(F)F. The van der Waals surface area contributed by atoms with E-state index in [-0.39, 0.29) is 12.6 Å². The lowest BCUT2D eigenvalue weighted by Gasteiger charge is -2.03. The predicted molar refractivity (Wildman–Crippen MR) is 51.0 cm³/mol. The summed E-state index contributed by atoms with van der Waals surface area (Å²) < 4.78 is 31.7. The molecule has 1 aromatic heterocycles. The van der Waals surface area contributed by atoms with Crippen molar-refractivity contribution < 1.29 is 28.2 Å². The lowest BCUT2D eigenvalue weighted by molar-refractivity contribution is -0.192. The van der Waals surface area contributed by atoms with Crippen LogP contribution in [0.2, 0.25) is 0 Å². The number of H-pyrrole nitrogens is 1. The molecule has 17 heavy (non-hydrogen) atoms. The standard InChI is InChI=1S/C6H11N3O.C2HF3O2/c7-5(3-10)1-6-2-8-4-9-6;3-2(4,5)1(6)7/h2,4-5,10H,1,3,7H2,(H,8,9);(H,6,7)/t5-;/m0./s1. The molecular formula is C8H12F3N3O3. The molecule has 1 heterocycles. The molecule has 5 N–H and O–H groups in total. The molecule has 0 amide bonds. The van der Waals surface area contributed by atoms with Gasteiger partial charge >= 0.3 is 12.1 Å². The van der Waals surface area contributed by atoms with E-state index in [1.54, 1.807) is 12.5 Å². The van der Waals surface area contributed by atoms with Gasteiger partial charge in [0, 0.05) is 18.7 Å². The number of aliphatic hydroxyl groups is 1. The molecule has 6 nitrogen and oxygen atoms in total. The number of carbonyl (C=O) groups is 1. The summed E-state index contributed by atoms with van der Waals surface area (Å²) in [5, 5.41) is 15.7.